The Labute approximate surface area is 112 Å². The molecule has 0 fully saturated rings. The van der Waals surface area contributed by atoms with E-state index in [1.54, 1.807) is 0 Å². The third kappa shape index (κ3) is 5.68. The summed E-state index contributed by atoms with van der Waals surface area (Å²) in [6, 6.07) is 4.43. The Bertz CT molecular complexity index is 479. The van der Waals surface area contributed by atoms with Gasteiger partial charge in [-0.05, 0) is 36.0 Å². The van der Waals surface area contributed by atoms with Crippen LogP contribution < -0.4 is 11.1 Å². The molecule has 1 rings (SSSR count). The summed E-state index contributed by atoms with van der Waals surface area (Å²) in [5, 5.41) is 2.47. The van der Waals surface area contributed by atoms with Crippen LogP contribution in [0.2, 0.25) is 0 Å². The van der Waals surface area contributed by atoms with Gasteiger partial charge in [-0.15, -0.1) is 12.3 Å². The number of anilines is 1. The minimum Gasteiger partial charge on any atom is -0.325 e. The highest BCUT2D eigenvalue weighted by molar-refractivity contribution is 8.00. The first-order valence-corrected chi connectivity index (χ1v) is 5.99. The number of carbonyl (C=O) groups is 1. The number of alkyl halides is 3. The molecule has 0 heterocycles. The number of hydrogen-bond donors (Lipinski definition) is 2. The van der Waals surface area contributed by atoms with E-state index in [1.807, 2.05) is 0 Å². The molecule has 0 aliphatic carbocycles. The van der Waals surface area contributed by atoms with E-state index in [0.717, 1.165) is 0 Å². The van der Waals surface area contributed by atoms with Gasteiger partial charge in [0.2, 0.25) is 5.91 Å². The van der Waals surface area contributed by atoms with Gasteiger partial charge in [-0.1, -0.05) is 0 Å². The van der Waals surface area contributed by atoms with Gasteiger partial charge in [0, 0.05) is 17.0 Å². The fraction of sp³-hybridized carbons (Fsp3) is 0.250. The predicted molar refractivity (Wildman–Crippen MR) is 68.4 cm³/mol. The summed E-state index contributed by atoms with van der Waals surface area (Å²) in [7, 11) is 0. The van der Waals surface area contributed by atoms with E-state index in [-0.39, 0.29) is 23.1 Å². The molecule has 1 amide bonds. The molecular formula is C12H11F3N2OS. The summed E-state index contributed by atoms with van der Waals surface area (Å²) in [4.78, 5) is 11.5. The molecular weight excluding hydrogens is 277 g/mol. The van der Waals surface area contributed by atoms with Crippen molar-refractivity contribution in [1.29, 1.82) is 0 Å². The standard InChI is InChI=1S/C12H11F3N2OS/c1-2-3-10(16)11(18)17-8-4-6-9(7-5-8)19-12(13,14)15/h1,4-7,10H,3,16H2,(H,17,18). The van der Waals surface area contributed by atoms with Crippen molar-refractivity contribution < 1.29 is 18.0 Å². The fourth-order valence-corrected chi connectivity index (χ4v) is 1.73. The molecule has 0 aliphatic heterocycles. The minimum atomic E-state index is -4.33. The smallest absolute Gasteiger partial charge is 0.325 e. The van der Waals surface area contributed by atoms with Crippen molar-refractivity contribution in [3.8, 4) is 12.3 Å². The summed E-state index contributed by atoms with van der Waals surface area (Å²) < 4.78 is 36.3. The Morgan fingerprint density at radius 2 is 2.00 bits per heavy atom. The van der Waals surface area contributed by atoms with Crippen LogP contribution in [0.5, 0.6) is 0 Å². The van der Waals surface area contributed by atoms with Gasteiger partial charge in [-0.2, -0.15) is 13.2 Å². The second kappa shape index (κ2) is 6.50. The van der Waals surface area contributed by atoms with Crippen LogP contribution in [0.1, 0.15) is 6.42 Å². The van der Waals surface area contributed by atoms with E-state index in [9.17, 15) is 18.0 Å². The van der Waals surface area contributed by atoms with Gasteiger partial charge >= 0.3 is 5.51 Å². The van der Waals surface area contributed by atoms with Gasteiger partial charge in [-0.3, -0.25) is 4.79 Å². The van der Waals surface area contributed by atoms with Crippen molar-refractivity contribution in [2.24, 2.45) is 5.73 Å². The van der Waals surface area contributed by atoms with Crippen LogP contribution in [-0.2, 0) is 4.79 Å². The van der Waals surface area contributed by atoms with Crippen molar-refractivity contribution in [3.63, 3.8) is 0 Å². The maximum Gasteiger partial charge on any atom is 0.446 e. The van der Waals surface area contributed by atoms with Crippen molar-refractivity contribution in [2.45, 2.75) is 22.9 Å². The van der Waals surface area contributed by atoms with Gasteiger partial charge in [0.25, 0.3) is 0 Å². The topological polar surface area (TPSA) is 55.1 Å². The lowest BCUT2D eigenvalue weighted by Gasteiger charge is -2.10. The quantitative estimate of drug-likeness (QED) is 0.661. The van der Waals surface area contributed by atoms with Crippen LogP contribution in [0.4, 0.5) is 18.9 Å². The van der Waals surface area contributed by atoms with Gasteiger partial charge < -0.3 is 11.1 Å². The number of nitrogens with one attached hydrogen (secondary N) is 1. The van der Waals surface area contributed by atoms with Crippen molar-refractivity contribution >= 4 is 23.4 Å². The van der Waals surface area contributed by atoms with Gasteiger partial charge in [-0.25, -0.2) is 0 Å². The van der Waals surface area contributed by atoms with E-state index in [1.165, 1.54) is 24.3 Å². The number of carbonyl (C=O) groups excluding carboxylic acids is 1. The first kappa shape index (κ1) is 15.4. The van der Waals surface area contributed by atoms with Crippen LogP contribution in [0.25, 0.3) is 0 Å². The summed E-state index contributed by atoms with van der Waals surface area (Å²) >= 11 is -0.221. The Morgan fingerprint density at radius 1 is 1.42 bits per heavy atom. The number of benzene rings is 1. The lowest BCUT2D eigenvalue weighted by molar-refractivity contribution is -0.117. The molecule has 0 saturated carbocycles. The summed E-state index contributed by atoms with van der Waals surface area (Å²) in [6.45, 7) is 0. The van der Waals surface area contributed by atoms with E-state index in [0.29, 0.717) is 5.69 Å². The average Bonchev–Trinajstić information content (AvgIpc) is 2.30. The fourth-order valence-electron chi connectivity index (χ4n) is 1.19. The van der Waals surface area contributed by atoms with Crippen LogP contribution in [0.15, 0.2) is 29.2 Å². The zero-order valence-corrected chi connectivity index (χ0v) is 10.5. The molecule has 1 aromatic carbocycles. The Hall–Kier alpha value is -1.65. The maximum atomic E-state index is 12.1. The second-order valence-corrected chi connectivity index (χ2v) is 4.71. The lowest BCUT2D eigenvalue weighted by Crippen LogP contribution is -2.35. The molecule has 1 atom stereocenters. The molecule has 3 N–H and O–H groups in total. The Morgan fingerprint density at radius 3 is 2.47 bits per heavy atom. The van der Waals surface area contributed by atoms with Crippen LogP contribution in [-0.4, -0.2) is 17.5 Å². The first-order chi connectivity index (χ1) is 8.81. The van der Waals surface area contributed by atoms with E-state index < -0.39 is 17.5 Å². The number of halogens is 3. The van der Waals surface area contributed by atoms with Crippen molar-refractivity contribution in [1.82, 2.24) is 0 Å². The Balaban J connectivity index is 2.63. The first-order valence-electron chi connectivity index (χ1n) is 5.17. The zero-order valence-electron chi connectivity index (χ0n) is 9.70. The molecule has 7 heteroatoms. The molecule has 1 unspecified atom stereocenters. The number of hydrogen-bond acceptors (Lipinski definition) is 3. The van der Waals surface area contributed by atoms with Crippen molar-refractivity contribution in [2.75, 3.05) is 5.32 Å². The van der Waals surface area contributed by atoms with E-state index in [2.05, 4.69) is 11.2 Å². The number of thioether (sulfide) groups is 1. The average molecular weight is 288 g/mol. The second-order valence-electron chi connectivity index (χ2n) is 3.58. The molecule has 1 aromatic rings. The normalized spacial score (nSPS) is 12.6. The maximum absolute atomic E-state index is 12.1. The largest absolute Gasteiger partial charge is 0.446 e. The molecule has 19 heavy (non-hydrogen) atoms. The van der Waals surface area contributed by atoms with E-state index >= 15 is 0 Å². The molecule has 102 valence electrons. The SMILES string of the molecule is C#CCC(N)C(=O)Nc1ccc(SC(F)(F)F)cc1. The van der Waals surface area contributed by atoms with Gasteiger partial charge in [0.15, 0.2) is 0 Å². The molecule has 0 spiro atoms. The minimum absolute atomic E-state index is 0.0402. The molecule has 0 bridgehead atoms. The highest BCUT2D eigenvalue weighted by Crippen LogP contribution is 2.36. The highest BCUT2D eigenvalue weighted by atomic mass is 32.2. The van der Waals surface area contributed by atoms with Gasteiger partial charge in [0.05, 0.1) is 6.04 Å². The molecule has 0 saturated heterocycles. The van der Waals surface area contributed by atoms with E-state index in [4.69, 9.17) is 12.2 Å². The highest BCUT2D eigenvalue weighted by Gasteiger charge is 2.29. The molecule has 0 radical (unpaired) electrons. The van der Waals surface area contributed by atoms with Gasteiger partial charge in [0.1, 0.15) is 0 Å². The summed E-state index contributed by atoms with van der Waals surface area (Å²) in [6.07, 6.45) is 5.11. The molecule has 0 aromatic heterocycles. The third-order valence-electron chi connectivity index (χ3n) is 2.03. The molecule has 3 nitrogen and oxygen atoms in total. The third-order valence-corrected chi connectivity index (χ3v) is 2.77. The summed E-state index contributed by atoms with van der Waals surface area (Å²) in [5.74, 6) is 1.78. The van der Waals surface area contributed by atoms with Crippen LogP contribution >= 0.6 is 11.8 Å². The number of nitrogens with two attached hydrogens (primary N) is 1. The number of terminal acetylenes is 1. The van der Waals surface area contributed by atoms with Crippen LogP contribution in [0, 0.1) is 12.3 Å². The molecule has 0 aliphatic rings. The number of amides is 1. The zero-order chi connectivity index (χ0) is 14.5. The van der Waals surface area contributed by atoms with Crippen molar-refractivity contribution in [3.05, 3.63) is 24.3 Å². The monoisotopic (exact) mass is 288 g/mol. The van der Waals surface area contributed by atoms with Crippen LogP contribution in [0.3, 0.4) is 0 Å². The predicted octanol–water partition coefficient (Wildman–Crippen LogP) is 2.59. The summed E-state index contributed by atoms with van der Waals surface area (Å²) in [5.41, 5.74) is 1.51. The lowest BCUT2D eigenvalue weighted by atomic mass is 10.2. The Kier molecular flexibility index (Phi) is 5.27. The number of rotatable bonds is 4.